The highest BCUT2D eigenvalue weighted by Crippen LogP contribution is 2.33. The SMILES string of the molecule is Cc1ccc(C(=O)Nc2ccccc2Sc2ccccc2)cc1[N+](=O)[O-]. The highest BCUT2D eigenvalue weighted by Gasteiger charge is 2.16. The quantitative estimate of drug-likeness (QED) is 0.492. The predicted octanol–water partition coefficient (Wildman–Crippen LogP) is 5.31. The second-order valence-corrected chi connectivity index (χ2v) is 6.74. The van der Waals surface area contributed by atoms with Crippen LogP contribution in [0, 0.1) is 17.0 Å². The molecule has 3 rings (SSSR count). The van der Waals surface area contributed by atoms with Crippen LogP contribution in [-0.2, 0) is 0 Å². The number of hydrogen-bond donors (Lipinski definition) is 1. The zero-order valence-electron chi connectivity index (χ0n) is 14.0. The molecule has 0 spiro atoms. The Bertz CT molecular complexity index is 958. The smallest absolute Gasteiger partial charge is 0.273 e. The number of aryl methyl sites for hydroxylation is 1. The van der Waals surface area contributed by atoms with Crippen molar-refractivity contribution in [3.63, 3.8) is 0 Å². The van der Waals surface area contributed by atoms with E-state index in [1.54, 1.807) is 19.1 Å². The van der Waals surface area contributed by atoms with E-state index in [9.17, 15) is 14.9 Å². The molecule has 0 saturated carbocycles. The molecule has 0 fully saturated rings. The summed E-state index contributed by atoms with van der Waals surface area (Å²) in [5, 5.41) is 13.9. The summed E-state index contributed by atoms with van der Waals surface area (Å²) >= 11 is 1.54. The number of rotatable bonds is 5. The van der Waals surface area contributed by atoms with Gasteiger partial charge in [-0.1, -0.05) is 48.2 Å². The van der Waals surface area contributed by atoms with Crippen molar-refractivity contribution in [1.29, 1.82) is 0 Å². The van der Waals surface area contributed by atoms with Crippen molar-refractivity contribution >= 4 is 29.0 Å². The van der Waals surface area contributed by atoms with Crippen LogP contribution in [0.5, 0.6) is 0 Å². The maximum absolute atomic E-state index is 12.6. The molecule has 6 heteroatoms. The van der Waals surface area contributed by atoms with Crippen molar-refractivity contribution < 1.29 is 9.72 Å². The molecule has 26 heavy (non-hydrogen) atoms. The molecular formula is C20H16N2O3S. The van der Waals surface area contributed by atoms with E-state index in [0.717, 1.165) is 9.79 Å². The molecular weight excluding hydrogens is 348 g/mol. The van der Waals surface area contributed by atoms with Gasteiger partial charge in [-0.3, -0.25) is 14.9 Å². The number of amides is 1. The number of nitro groups is 1. The lowest BCUT2D eigenvalue weighted by molar-refractivity contribution is -0.385. The van der Waals surface area contributed by atoms with Gasteiger partial charge in [-0.15, -0.1) is 0 Å². The van der Waals surface area contributed by atoms with Crippen LogP contribution in [0.2, 0.25) is 0 Å². The van der Waals surface area contributed by atoms with Crippen LogP contribution in [0.3, 0.4) is 0 Å². The molecule has 0 atom stereocenters. The lowest BCUT2D eigenvalue weighted by Gasteiger charge is -2.11. The zero-order chi connectivity index (χ0) is 18.5. The highest BCUT2D eigenvalue weighted by molar-refractivity contribution is 7.99. The molecule has 3 aromatic rings. The summed E-state index contributed by atoms with van der Waals surface area (Å²) in [5.41, 5.74) is 1.37. The predicted molar refractivity (Wildman–Crippen MR) is 103 cm³/mol. The number of carbonyl (C=O) groups is 1. The summed E-state index contributed by atoms with van der Waals surface area (Å²) in [4.78, 5) is 25.1. The molecule has 0 unspecified atom stereocenters. The molecule has 3 aromatic carbocycles. The van der Waals surface area contributed by atoms with Crippen LogP contribution in [-0.4, -0.2) is 10.8 Å². The van der Waals surface area contributed by atoms with Gasteiger partial charge in [-0.25, -0.2) is 0 Å². The van der Waals surface area contributed by atoms with E-state index in [2.05, 4.69) is 5.32 Å². The standard InChI is InChI=1S/C20H16N2O3S/c1-14-11-12-15(13-18(14)22(24)25)20(23)21-17-9-5-6-10-19(17)26-16-7-3-2-4-8-16/h2-13H,1H3,(H,21,23). The van der Waals surface area contributed by atoms with E-state index < -0.39 is 4.92 Å². The minimum atomic E-state index is -0.481. The molecule has 0 aliphatic rings. The Balaban J connectivity index is 1.84. The van der Waals surface area contributed by atoms with E-state index in [1.807, 2.05) is 54.6 Å². The van der Waals surface area contributed by atoms with Gasteiger partial charge in [0, 0.05) is 27.0 Å². The van der Waals surface area contributed by atoms with Gasteiger partial charge in [0.05, 0.1) is 10.6 Å². The molecule has 0 aromatic heterocycles. The number of nitrogens with zero attached hydrogens (tertiary/aromatic N) is 1. The Morgan fingerprint density at radius 1 is 1.00 bits per heavy atom. The van der Waals surface area contributed by atoms with Gasteiger partial charge in [0.25, 0.3) is 11.6 Å². The fraction of sp³-hybridized carbons (Fsp3) is 0.0500. The number of nitrogens with one attached hydrogen (secondary N) is 1. The highest BCUT2D eigenvalue weighted by atomic mass is 32.2. The first-order valence-electron chi connectivity index (χ1n) is 7.93. The lowest BCUT2D eigenvalue weighted by atomic mass is 10.1. The van der Waals surface area contributed by atoms with E-state index in [4.69, 9.17) is 0 Å². The van der Waals surface area contributed by atoms with Crippen molar-refractivity contribution in [1.82, 2.24) is 0 Å². The normalized spacial score (nSPS) is 10.3. The maximum atomic E-state index is 12.6. The maximum Gasteiger partial charge on any atom is 0.273 e. The van der Waals surface area contributed by atoms with Crippen LogP contribution >= 0.6 is 11.8 Å². The lowest BCUT2D eigenvalue weighted by Crippen LogP contribution is -2.13. The van der Waals surface area contributed by atoms with Gasteiger partial charge in [-0.2, -0.15) is 0 Å². The largest absolute Gasteiger partial charge is 0.321 e. The van der Waals surface area contributed by atoms with Crippen LogP contribution in [0.25, 0.3) is 0 Å². The molecule has 0 heterocycles. The Labute approximate surface area is 155 Å². The fourth-order valence-corrected chi connectivity index (χ4v) is 3.34. The van der Waals surface area contributed by atoms with Crippen molar-refractivity contribution in [2.75, 3.05) is 5.32 Å². The first kappa shape index (κ1) is 17.7. The molecule has 0 saturated heterocycles. The molecule has 0 radical (unpaired) electrons. The van der Waals surface area contributed by atoms with Crippen LogP contribution in [0.15, 0.2) is 82.6 Å². The minimum absolute atomic E-state index is 0.0652. The number of para-hydroxylation sites is 1. The van der Waals surface area contributed by atoms with Crippen LogP contribution < -0.4 is 5.32 Å². The summed E-state index contributed by atoms with van der Waals surface area (Å²) in [6.45, 7) is 1.64. The van der Waals surface area contributed by atoms with E-state index in [-0.39, 0.29) is 17.2 Å². The second-order valence-electron chi connectivity index (χ2n) is 5.62. The number of hydrogen-bond acceptors (Lipinski definition) is 4. The van der Waals surface area contributed by atoms with E-state index in [0.29, 0.717) is 11.3 Å². The summed E-state index contributed by atoms with van der Waals surface area (Å²) in [7, 11) is 0. The van der Waals surface area contributed by atoms with Crippen molar-refractivity contribution in [2.24, 2.45) is 0 Å². The average molecular weight is 364 g/mol. The fourth-order valence-electron chi connectivity index (χ4n) is 2.42. The number of carbonyl (C=O) groups excluding carboxylic acids is 1. The monoisotopic (exact) mass is 364 g/mol. The van der Waals surface area contributed by atoms with Crippen molar-refractivity contribution in [3.8, 4) is 0 Å². The van der Waals surface area contributed by atoms with Gasteiger partial charge in [0.15, 0.2) is 0 Å². The Morgan fingerprint density at radius 2 is 1.69 bits per heavy atom. The van der Waals surface area contributed by atoms with Crippen molar-refractivity contribution in [2.45, 2.75) is 16.7 Å². The second kappa shape index (κ2) is 7.84. The topological polar surface area (TPSA) is 72.2 Å². The molecule has 1 N–H and O–H groups in total. The Morgan fingerprint density at radius 3 is 2.42 bits per heavy atom. The first-order chi connectivity index (χ1) is 12.5. The summed E-state index contributed by atoms with van der Waals surface area (Å²) in [6.07, 6.45) is 0. The van der Waals surface area contributed by atoms with E-state index in [1.165, 1.54) is 17.8 Å². The van der Waals surface area contributed by atoms with Crippen LogP contribution in [0.1, 0.15) is 15.9 Å². The zero-order valence-corrected chi connectivity index (χ0v) is 14.8. The molecule has 0 bridgehead atoms. The number of nitro benzene ring substituents is 1. The van der Waals surface area contributed by atoms with Gasteiger partial charge in [-0.05, 0) is 37.3 Å². The molecule has 5 nitrogen and oxygen atoms in total. The molecule has 130 valence electrons. The molecule has 0 aliphatic heterocycles. The molecule has 0 aliphatic carbocycles. The summed E-state index contributed by atoms with van der Waals surface area (Å²) < 4.78 is 0. The van der Waals surface area contributed by atoms with Crippen molar-refractivity contribution in [3.05, 3.63) is 94.0 Å². The Hall–Kier alpha value is -3.12. The average Bonchev–Trinajstić information content (AvgIpc) is 2.64. The number of benzene rings is 3. The summed E-state index contributed by atoms with van der Waals surface area (Å²) in [5.74, 6) is -0.380. The van der Waals surface area contributed by atoms with Crippen LogP contribution in [0.4, 0.5) is 11.4 Å². The molecule has 1 amide bonds. The van der Waals surface area contributed by atoms with Gasteiger partial charge in [0.2, 0.25) is 0 Å². The summed E-state index contributed by atoms with van der Waals surface area (Å²) in [6, 6.07) is 21.8. The van der Waals surface area contributed by atoms with Gasteiger partial charge in [0.1, 0.15) is 0 Å². The number of anilines is 1. The first-order valence-corrected chi connectivity index (χ1v) is 8.74. The van der Waals surface area contributed by atoms with E-state index >= 15 is 0 Å². The third kappa shape index (κ3) is 4.10. The third-order valence-corrected chi connectivity index (χ3v) is 4.86. The van der Waals surface area contributed by atoms with Gasteiger partial charge >= 0.3 is 0 Å². The van der Waals surface area contributed by atoms with Gasteiger partial charge < -0.3 is 5.32 Å². The third-order valence-electron chi connectivity index (χ3n) is 3.77. The Kier molecular flexibility index (Phi) is 5.34. The minimum Gasteiger partial charge on any atom is -0.321 e.